The molecular weight excluding hydrogens is 167 g/mol. The summed E-state index contributed by atoms with van der Waals surface area (Å²) in [7, 11) is 0. The molecule has 0 spiro atoms. The molecule has 0 aromatic heterocycles. The van der Waals surface area contributed by atoms with E-state index in [0.717, 1.165) is 5.56 Å². The second-order valence-corrected chi connectivity index (χ2v) is 2.36. The first kappa shape index (κ1) is 9.50. The lowest BCUT2D eigenvalue weighted by molar-refractivity contribution is 0.343. The second-order valence-electron chi connectivity index (χ2n) is 2.36. The van der Waals surface area contributed by atoms with Crippen LogP contribution < -0.4 is 0 Å². The van der Waals surface area contributed by atoms with Crippen LogP contribution in [0.15, 0.2) is 36.4 Å². The number of benzene rings is 1. The van der Waals surface area contributed by atoms with Crippen molar-refractivity contribution in [1.82, 2.24) is 0 Å². The Balaban J connectivity index is 2.67. The van der Waals surface area contributed by atoms with E-state index in [0.29, 0.717) is 0 Å². The van der Waals surface area contributed by atoms with Gasteiger partial charge in [0, 0.05) is 5.56 Å². The fraction of sp³-hybridized carbons (Fsp3) is 0.0909. The minimum Gasteiger partial charge on any atom is -0.392 e. The van der Waals surface area contributed by atoms with E-state index in [2.05, 4.69) is 11.8 Å². The third-order valence-corrected chi connectivity index (χ3v) is 1.37. The van der Waals surface area contributed by atoms with E-state index in [1.54, 1.807) is 18.2 Å². The molecule has 0 bridgehead atoms. The molecule has 0 amide bonds. The molecule has 66 valence electrons. The summed E-state index contributed by atoms with van der Waals surface area (Å²) < 4.78 is 12.4. The number of aliphatic hydroxyl groups excluding tert-OH is 1. The molecule has 0 unspecified atom stereocenters. The summed E-state index contributed by atoms with van der Waals surface area (Å²) in [4.78, 5) is 0. The highest BCUT2D eigenvalue weighted by Crippen LogP contribution is 2.00. The summed E-state index contributed by atoms with van der Waals surface area (Å²) in [5.41, 5.74) is 0.754. The van der Waals surface area contributed by atoms with Crippen molar-refractivity contribution in [2.45, 2.75) is 0 Å². The van der Waals surface area contributed by atoms with Crippen LogP contribution >= 0.6 is 0 Å². The average Bonchev–Trinajstić information content (AvgIpc) is 2.15. The molecule has 1 nitrogen and oxygen atoms in total. The first-order valence-electron chi connectivity index (χ1n) is 3.86. The minimum absolute atomic E-state index is 0.0158. The van der Waals surface area contributed by atoms with Crippen molar-refractivity contribution in [1.29, 1.82) is 0 Å². The van der Waals surface area contributed by atoms with E-state index in [1.807, 2.05) is 0 Å². The van der Waals surface area contributed by atoms with Gasteiger partial charge in [0.2, 0.25) is 0 Å². The lowest BCUT2D eigenvalue weighted by atomic mass is 10.2. The summed E-state index contributed by atoms with van der Waals surface area (Å²) in [5, 5.41) is 8.40. The minimum atomic E-state index is -0.267. The number of allylic oxidation sites excluding steroid dienone is 1. The normalized spacial score (nSPS) is 9.69. The van der Waals surface area contributed by atoms with Gasteiger partial charge in [-0.1, -0.05) is 17.9 Å². The quantitative estimate of drug-likeness (QED) is 0.646. The van der Waals surface area contributed by atoms with Crippen LogP contribution in [0.4, 0.5) is 4.39 Å². The van der Waals surface area contributed by atoms with Gasteiger partial charge in [-0.3, -0.25) is 0 Å². The van der Waals surface area contributed by atoms with Crippen molar-refractivity contribution in [3.63, 3.8) is 0 Å². The first-order valence-corrected chi connectivity index (χ1v) is 3.86. The van der Waals surface area contributed by atoms with Crippen molar-refractivity contribution in [3.8, 4) is 11.8 Å². The van der Waals surface area contributed by atoms with E-state index in [1.165, 1.54) is 18.2 Å². The van der Waals surface area contributed by atoms with Crippen LogP contribution in [-0.2, 0) is 0 Å². The predicted molar refractivity (Wildman–Crippen MR) is 49.5 cm³/mol. The Bertz CT molecular complexity index is 341. The van der Waals surface area contributed by atoms with Gasteiger partial charge in [0.05, 0.1) is 6.61 Å². The highest BCUT2D eigenvalue weighted by molar-refractivity contribution is 5.36. The van der Waals surface area contributed by atoms with Gasteiger partial charge >= 0.3 is 0 Å². The molecular formula is C11H9FO. The van der Waals surface area contributed by atoms with Crippen molar-refractivity contribution in [2.75, 3.05) is 6.61 Å². The number of halogens is 1. The van der Waals surface area contributed by atoms with Crippen LogP contribution in [0.1, 0.15) is 5.56 Å². The highest BCUT2D eigenvalue weighted by atomic mass is 19.1. The van der Waals surface area contributed by atoms with Gasteiger partial charge in [0.25, 0.3) is 0 Å². The molecule has 13 heavy (non-hydrogen) atoms. The maximum Gasteiger partial charge on any atom is 0.123 e. The van der Waals surface area contributed by atoms with Gasteiger partial charge in [-0.05, 0) is 30.3 Å². The maximum absolute atomic E-state index is 12.4. The van der Waals surface area contributed by atoms with Crippen LogP contribution in [0.25, 0.3) is 0 Å². The third-order valence-electron chi connectivity index (χ3n) is 1.37. The Labute approximate surface area is 76.5 Å². The zero-order valence-electron chi connectivity index (χ0n) is 7.00. The molecule has 1 aromatic carbocycles. The van der Waals surface area contributed by atoms with Crippen molar-refractivity contribution < 1.29 is 9.50 Å². The second kappa shape index (κ2) is 5.13. The number of aliphatic hydroxyl groups is 1. The van der Waals surface area contributed by atoms with Crippen molar-refractivity contribution >= 4 is 0 Å². The van der Waals surface area contributed by atoms with Gasteiger partial charge in [0.1, 0.15) is 5.82 Å². The molecule has 0 aliphatic rings. The number of hydrogen-bond donors (Lipinski definition) is 1. The molecule has 1 N–H and O–H groups in total. The number of rotatable bonds is 1. The van der Waals surface area contributed by atoms with Crippen LogP contribution in [0.2, 0.25) is 0 Å². The SMILES string of the molecule is OC/C=C/C#Cc1ccc(F)cc1. The highest BCUT2D eigenvalue weighted by Gasteiger charge is 1.86. The maximum atomic E-state index is 12.4. The predicted octanol–water partition coefficient (Wildman–Crippen LogP) is 1.73. The molecule has 0 fully saturated rings. The summed E-state index contributed by atoms with van der Waals surface area (Å²) in [6.07, 6.45) is 3.10. The Kier molecular flexibility index (Phi) is 3.74. The standard InChI is InChI=1S/C11H9FO/c12-11-7-5-10(6-8-11)4-2-1-3-9-13/h1,3,5-8,13H,9H2/b3-1+. The van der Waals surface area contributed by atoms with E-state index in [-0.39, 0.29) is 12.4 Å². The summed E-state index contributed by atoms with van der Waals surface area (Å²) in [6.45, 7) is -0.0158. The van der Waals surface area contributed by atoms with Crippen LogP contribution in [0.5, 0.6) is 0 Å². The molecule has 0 heterocycles. The van der Waals surface area contributed by atoms with E-state index in [9.17, 15) is 4.39 Å². The summed E-state index contributed by atoms with van der Waals surface area (Å²) in [6, 6.07) is 5.93. The Morgan fingerprint density at radius 2 is 2.00 bits per heavy atom. The monoisotopic (exact) mass is 176 g/mol. The van der Waals surface area contributed by atoms with E-state index < -0.39 is 0 Å². The summed E-state index contributed by atoms with van der Waals surface area (Å²) >= 11 is 0. The van der Waals surface area contributed by atoms with Crippen LogP contribution in [0.3, 0.4) is 0 Å². The lowest BCUT2D eigenvalue weighted by Gasteiger charge is -1.87. The average molecular weight is 176 g/mol. The van der Waals surface area contributed by atoms with Crippen molar-refractivity contribution in [2.24, 2.45) is 0 Å². The Morgan fingerprint density at radius 3 is 2.62 bits per heavy atom. The van der Waals surface area contributed by atoms with Gasteiger partial charge in [0.15, 0.2) is 0 Å². The van der Waals surface area contributed by atoms with E-state index >= 15 is 0 Å². The van der Waals surface area contributed by atoms with Crippen LogP contribution in [0, 0.1) is 17.7 Å². The summed E-state index contributed by atoms with van der Waals surface area (Å²) in [5.74, 6) is 5.23. The van der Waals surface area contributed by atoms with E-state index in [4.69, 9.17) is 5.11 Å². The molecule has 0 saturated carbocycles. The van der Waals surface area contributed by atoms with Gasteiger partial charge in [-0.25, -0.2) is 4.39 Å². The molecule has 1 rings (SSSR count). The van der Waals surface area contributed by atoms with Gasteiger partial charge < -0.3 is 5.11 Å². The van der Waals surface area contributed by atoms with Gasteiger partial charge in [-0.15, -0.1) is 0 Å². The molecule has 2 heteroatoms. The fourth-order valence-corrected chi connectivity index (χ4v) is 0.770. The topological polar surface area (TPSA) is 20.2 Å². The Hall–Kier alpha value is -1.59. The molecule has 0 aliphatic heterocycles. The zero-order chi connectivity index (χ0) is 9.52. The molecule has 0 saturated heterocycles. The molecule has 0 atom stereocenters. The van der Waals surface area contributed by atoms with Gasteiger partial charge in [-0.2, -0.15) is 0 Å². The van der Waals surface area contributed by atoms with Crippen molar-refractivity contribution in [3.05, 3.63) is 47.8 Å². The molecule has 0 aliphatic carbocycles. The lowest BCUT2D eigenvalue weighted by Crippen LogP contribution is -1.75. The zero-order valence-corrected chi connectivity index (χ0v) is 7.00. The largest absolute Gasteiger partial charge is 0.392 e. The molecule has 1 aromatic rings. The smallest absolute Gasteiger partial charge is 0.123 e. The first-order chi connectivity index (χ1) is 6.33. The third kappa shape index (κ3) is 3.55. The number of hydrogen-bond acceptors (Lipinski definition) is 1. The fourth-order valence-electron chi connectivity index (χ4n) is 0.770. The van der Waals surface area contributed by atoms with Crippen LogP contribution in [-0.4, -0.2) is 11.7 Å². The molecule has 0 radical (unpaired) electrons. The Morgan fingerprint density at radius 1 is 1.31 bits per heavy atom.